The molecule has 0 fully saturated rings. The highest BCUT2D eigenvalue weighted by Crippen LogP contribution is 2.36. The molecular weight excluding hydrogens is 841 g/mol. The summed E-state index contributed by atoms with van der Waals surface area (Å²) in [4.78, 5) is 14.2. The van der Waals surface area contributed by atoms with Gasteiger partial charge in [0.25, 0.3) is 20.2 Å². The summed E-state index contributed by atoms with van der Waals surface area (Å²) in [6.45, 7) is 6.44. The van der Waals surface area contributed by atoms with Crippen LogP contribution in [-0.4, -0.2) is 79.0 Å². The lowest BCUT2D eigenvalue weighted by Gasteiger charge is -2.24. The van der Waals surface area contributed by atoms with Crippen molar-refractivity contribution in [1.29, 1.82) is 0 Å². The van der Waals surface area contributed by atoms with E-state index >= 15 is 0 Å². The molecule has 5 aromatic carbocycles. The highest BCUT2D eigenvalue weighted by Gasteiger charge is 2.24. The van der Waals surface area contributed by atoms with Crippen molar-refractivity contribution in [3.8, 4) is 5.75 Å². The molecule has 0 heterocycles. The molecule has 63 heavy (non-hydrogen) atoms. The average molecular weight is 891 g/mol. The zero-order valence-electron chi connectivity index (χ0n) is 34.8. The second kappa shape index (κ2) is 20.8. The Hall–Kier alpha value is -6.14. The molecule has 1 aliphatic carbocycles. The van der Waals surface area contributed by atoms with Crippen molar-refractivity contribution < 1.29 is 50.1 Å². The number of hydrogen-bond donors (Lipinski definition) is 5. The predicted octanol–water partition coefficient (Wildman–Crippen LogP) is 6.29. The van der Waals surface area contributed by atoms with Gasteiger partial charge in [0.2, 0.25) is 5.91 Å². The van der Waals surface area contributed by atoms with Gasteiger partial charge < -0.3 is 25.0 Å². The summed E-state index contributed by atoms with van der Waals surface area (Å²) >= 11 is 0. The highest BCUT2D eigenvalue weighted by atomic mass is 32.2. The topological polar surface area (TPSA) is 194 Å². The summed E-state index contributed by atoms with van der Waals surface area (Å²) < 4.78 is 78.1. The van der Waals surface area contributed by atoms with Crippen molar-refractivity contribution in [2.24, 2.45) is 0 Å². The Morgan fingerprint density at radius 3 is 2.06 bits per heavy atom. The van der Waals surface area contributed by atoms with Crippen LogP contribution in [-0.2, 0) is 38.1 Å². The van der Waals surface area contributed by atoms with Gasteiger partial charge in [-0.3, -0.25) is 13.9 Å². The smallest absolute Gasteiger partial charge is 0.488 e. The van der Waals surface area contributed by atoms with E-state index in [9.17, 15) is 40.8 Å². The van der Waals surface area contributed by atoms with Gasteiger partial charge in [-0.25, -0.2) is 4.58 Å². The minimum Gasteiger partial charge on any atom is -0.494 e. The molecule has 326 valence electrons. The molecule has 0 radical (unpaired) electrons. The minimum atomic E-state index is -4.81. The van der Waals surface area contributed by atoms with E-state index in [-0.39, 0.29) is 51.9 Å². The first-order valence-corrected chi connectivity index (χ1v) is 23.2. The highest BCUT2D eigenvalue weighted by molar-refractivity contribution is 7.86. The van der Waals surface area contributed by atoms with E-state index in [0.717, 1.165) is 23.5 Å². The Bertz CT molecular complexity index is 2750. The number of anilines is 2. The first-order valence-electron chi connectivity index (χ1n) is 20.3. The van der Waals surface area contributed by atoms with Crippen molar-refractivity contribution in [2.45, 2.75) is 49.6 Å². The molecule has 6 rings (SSSR count). The van der Waals surface area contributed by atoms with Crippen molar-refractivity contribution in [3.05, 3.63) is 173 Å². The fraction of sp³-hybridized carbons (Fsp3) is 0.191. The first-order chi connectivity index (χ1) is 30.1. The number of hydrogen-bond acceptors (Lipinski definition) is 9. The average Bonchev–Trinajstić information content (AvgIpc) is 3.27. The van der Waals surface area contributed by atoms with Crippen molar-refractivity contribution in [2.75, 3.05) is 29.9 Å². The number of carbonyl (C=O) groups is 1. The molecule has 0 spiro atoms. The Morgan fingerprint density at radius 2 is 1.44 bits per heavy atom. The number of ether oxygens (including phenoxy) is 1. The molecule has 0 saturated heterocycles. The van der Waals surface area contributed by atoms with Gasteiger partial charge in [-0.1, -0.05) is 66.7 Å². The molecule has 0 unspecified atom stereocenters. The predicted molar refractivity (Wildman–Crippen MR) is 246 cm³/mol. The summed E-state index contributed by atoms with van der Waals surface area (Å²) in [6.07, 6.45) is 7.86. The van der Waals surface area contributed by atoms with Gasteiger partial charge in [0.05, 0.1) is 11.5 Å². The first kappa shape index (κ1) is 46.4. The van der Waals surface area contributed by atoms with Gasteiger partial charge in [-0.15, -0.1) is 0 Å². The van der Waals surface area contributed by atoms with Crippen LogP contribution >= 0.6 is 0 Å². The largest absolute Gasteiger partial charge is 0.494 e. The molecule has 0 aliphatic heterocycles. The maximum atomic E-state index is 13.2. The number of nitrogens with zero attached hydrogens (tertiary/aromatic N) is 2. The monoisotopic (exact) mass is 890 g/mol. The maximum Gasteiger partial charge on any atom is 0.488 e. The third-order valence-corrected chi connectivity index (χ3v) is 12.1. The molecule has 16 heteroatoms. The molecule has 0 atom stereocenters. The second-order valence-corrected chi connectivity index (χ2v) is 17.5. The van der Waals surface area contributed by atoms with E-state index in [1.807, 2.05) is 78.3 Å². The zero-order chi connectivity index (χ0) is 45.1. The number of carbonyl (C=O) groups excluding carboxylic acids is 1. The fourth-order valence-electron chi connectivity index (χ4n) is 7.15. The van der Waals surface area contributed by atoms with Crippen molar-refractivity contribution >= 4 is 61.4 Å². The zero-order valence-corrected chi connectivity index (χ0v) is 36.5. The molecule has 0 bridgehead atoms. The summed E-state index contributed by atoms with van der Waals surface area (Å²) in [5.41, 5.74) is 6.46. The molecular formula is C47H49BN3O10S2+. The Labute approximate surface area is 368 Å². The Kier molecular flexibility index (Phi) is 15.3. The van der Waals surface area contributed by atoms with Crippen LogP contribution < -0.4 is 20.4 Å². The van der Waals surface area contributed by atoms with Crippen LogP contribution in [0.5, 0.6) is 5.75 Å². The third kappa shape index (κ3) is 12.5. The lowest BCUT2D eigenvalue weighted by molar-refractivity contribution is -0.539. The molecule has 0 aromatic heterocycles. The quantitative estimate of drug-likeness (QED) is 0.0288. The van der Waals surface area contributed by atoms with Crippen LogP contribution in [0.25, 0.3) is 5.57 Å². The van der Waals surface area contributed by atoms with Crippen LogP contribution in [0.2, 0.25) is 0 Å². The van der Waals surface area contributed by atoms with E-state index in [0.29, 0.717) is 47.6 Å². The number of benzene rings is 5. The number of amides is 1. The van der Waals surface area contributed by atoms with Crippen LogP contribution in [0.4, 0.5) is 11.4 Å². The van der Waals surface area contributed by atoms with E-state index in [2.05, 4.69) is 29.3 Å². The molecule has 0 saturated carbocycles. The van der Waals surface area contributed by atoms with Gasteiger partial charge in [-0.2, -0.15) is 16.8 Å². The molecule has 5 aromatic rings. The van der Waals surface area contributed by atoms with E-state index < -0.39 is 27.4 Å². The fourth-order valence-corrected chi connectivity index (χ4v) is 8.42. The van der Waals surface area contributed by atoms with Crippen LogP contribution in [0, 0.1) is 0 Å². The van der Waals surface area contributed by atoms with Crippen molar-refractivity contribution in [3.63, 3.8) is 0 Å². The molecule has 1 amide bonds. The Morgan fingerprint density at radius 1 is 0.762 bits per heavy atom. The number of rotatable bonds is 18. The normalized spacial score (nSPS) is 12.5. The van der Waals surface area contributed by atoms with E-state index in [1.54, 1.807) is 36.4 Å². The summed E-state index contributed by atoms with van der Waals surface area (Å²) in [7, 11) is -10.8. The molecule has 5 N–H and O–H groups in total. The van der Waals surface area contributed by atoms with Crippen LogP contribution in [0.3, 0.4) is 0 Å². The van der Waals surface area contributed by atoms with Gasteiger partial charge in [0, 0.05) is 60.2 Å². The van der Waals surface area contributed by atoms with Gasteiger partial charge in [-0.05, 0) is 109 Å². The van der Waals surface area contributed by atoms with Crippen molar-refractivity contribution in [1.82, 2.24) is 0 Å². The molecule has 1 aliphatic rings. The lowest BCUT2D eigenvalue weighted by Crippen LogP contribution is -2.29. The van der Waals surface area contributed by atoms with Gasteiger partial charge in [0.1, 0.15) is 17.2 Å². The van der Waals surface area contributed by atoms with Crippen LogP contribution in [0.1, 0.15) is 48.9 Å². The second-order valence-electron chi connectivity index (χ2n) is 14.7. The number of nitrogens with one attached hydrogen (secondary N) is 1. The van der Waals surface area contributed by atoms with E-state index in [4.69, 9.17) is 4.74 Å². The third-order valence-electron chi connectivity index (χ3n) is 10.4. The minimum absolute atomic E-state index is 0.0672. The SMILES string of the molecule is CCN(Cc1ccccc1)c1ccc(C(=C2C=CC(=[N+](CC)Cc3cccc(S(=O)(=O)O)c3)C=C2)c2ccc(OCCCC(=O)Nc3ccc(B(O)O)cc3)cc2S(=O)(=O)O)cc1. The van der Waals surface area contributed by atoms with Crippen LogP contribution in [0.15, 0.2) is 161 Å². The number of allylic oxidation sites excluding steroid dienone is 5. The summed E-state index contributed by atoms with van der Waals surface area (Å²) in [6, 6.07) is 34.5. The lowest BCUT2D eigenvalue weighted by atomic mass is 9.80. The van der Waals surface area contributed by atoms with E-state index in [1.165, 1.54) is 30.3 Å². The van der Waals surface area contributed by atoms with Gasteiger partial charge >= 0.3 is 7.12 Å². The Balaban J connectivity index is 1.30. The maximum absolute atomic E-state index is 13.2. The standard InChI is InChI=1S/C47H48BN3O10S2/c1-3-50(32-34-10-6-5-7-11-34)40-23-15-36(16-24-40)47(37-17-25-41(26-18-37)51(4-2)33-35-12-8-13-43(30-35)62(55,56)57)44-28-27-42(31-45(44)63(58,59)60)61-29-9-14-46(52)49-39-21-19-38(20-22-39)48(53)54/h5-8,10-13,15-28,30-31,53-54H,3-4,9,14,29,32-33H2,1-2H3,(H2-,49,52,55,56,57,58,59,60)/p+1. The summed E-state index contributed by atoms with van der Waals surface area (Å²) in [5, 5.41) is 21.3. The molecule has 13 nitrogen and oxygen atoms in total. The summed E-state index contributed by atoms with van der Waals surface area (Å²) in [5.74, 6) is -0.122. The van der Waals surface area contributed by atoms with Gasteiger partial charge in [0.15, 0.2) is 12.3 Å².